The second kappa shape index (κ2) is 5.75. The van der Waals surface area contributed by atoms with E-state index in [-0.39, 0.29) is 10.7 Å². The summed E-state index contributed by atoms with van der Waals surface area (Å²) in [5, 5.41) is 14.0. The first-order chi connectivity index (χ1) is 9.10. The molecule has 0 spiro atoms. The van der Waals surface area contributed by atoms with Crippen LogP contribution in [0, 0.1) is 10.1 Å². The molecule has 0 aliphatic heterocycles. The molecule has 0 aliphatic carbocycles. The van der Waals surface area contributed by atoms with Crippen molar-refractivity contribution in [3.63, 3.8) is 0 Å². The number of aryl methyl sites for hydroxylation is 1. The van der Waals surface area contributed by atoms with Gasteiger partial charge in [-0.15, -0.1) is 0 Å². The number of rotatable bonds is 5. The normalized spacial score (nSPS) is 10.4. The van der Waals surface area contributed by atoms with E-state index in [0.717, 1.165) is 17.8 Å². The predicted molar refractivity (Wildman–Crippen MR) is 75.5 cm³/mol. The van der Waals surface area contributed by atoms with Gasteiger partial charge in [-0.1, -0.05) is 11.6 Å². The molecule has 0 bridgehead atoms. The zero-order chi connectivity index (χ0) is 13.8. The molecule has 0 saturated carbocycles. The van der Waals surface area contributed by atoms with E-state index in [0.29, 0.717) is 6.54 Å². The summed E-state index contributed by atoms with van der Waals surface area (Å²) in [6.45, 7) is 3.66. The summed E-state index contributed by atoms with van der Waals surface area (Å²) in [6, 6.07) is 6.66. The van der Waals surface area contributed by atoms with Gasteiger partial charge in [0.15, 0.2) is 0 Å². The number of nitro groups is 1. The third kappa shape index (κ3) is 3.26. The minimum atomic E-state index is -0.493. The average molecular weight is 280 g/mol. The monoisotopic (exact) mass is 279 g/mol. The van der Waals surface area contributed by atoms with Gasteiger partial charge in [0, 0.05) is 37.2 Å². The minimum absolute atomic E-state index is 0.0793. The average Bonchev–Trinajstić information content (AvgIpc) is 2.84. The second-order valence-electron chi connectivity index (χ2n) is 4.13. The molecule has 100 valence electrons. The van der Waals surface area contributed by atoms with E-state index in [4.69, 9.17) is 11.6 Å². The highest BCUT2D eigenvalue weighted by Gasteiger charge is 2.11. The van der Waals surface area contributed by atoms with Crippen LogP contribution in [0.2, 0.25) is 5.02 Å². The maximum atomic E-state index is 10.6. The lowest BCUT2D eigenvalue weighted by atomic mass is 10.2. The van der Waals surface area contributed by atoms with Crippen molar-refractivity contribution < 1.29 is 4.92 Å². The molecule has 1 aromatic carbocycles. The van der Waals surface area contributed by atoms with Gasteiger partial charge in [-0.2, -0.15) is 0 Å². The van der Waals surface area contributed by atoms with Gasteiger partial charge in [-0.25, -0.2) is 0 Å². The molecule has 5 nitrogen and oxygen atoms in total. The minimum Gasteiger partial charge on any atom is -0.381 e. The van der Waals surface area contributed by atoms with Crippen LogP contribution in [0.1, 0.15) is 12.5 Å². The molecular formula is C13H14ClN3O2. The number of benzene rings is 1. The van der Waals surface area contributed by atoms with E-state index < -0.39 is 4.92 Å². The molecule has 1 aromatic heterocycles. The summed E-state index contributed by atoms with van der Waals surface area (Å²) < 4.78 is 2.08. The summed E-state index contributed by atoms with van der Waals surface area (Å²) in [7, 11) is 0. The number of anilines is 1. The fraction of sp³-hybridized carbons (Fsp3) is 0.231. The maximum absolute atomic E-state index is 10.6. The van der Waals surface area contributed by atoms with E-state index in [1.54, 1.807) is 12.1 Å². The Labute approximate surface area is 116 Å². The molecule has 0 aliphatic rings. The van der Waals surface area contributed by atoms with E-state index in [1.165, 1.54) is 6.07 Å². The quantitative estimate of drug-likeness (QED) is 0.671. The van der Waals surface area contributed by atoms with Crippen molar-refractivity contribution in [3.8, 4) is 0 Å². The zero-order valence-corrected chi connectivity index (χ0v) is 11.2. The molecule has 1 heterocycles. The van der Waals surface area contributed by atoms with Crippen LogP contribution in [-0.2, 0) is 13.1 Å². The van der Waals surface area contributed by atoms with Crippen molar-refractivity contribution in [1.82, 2.24) is 4.57 Å². The highest BCUT2D eigenvalue weighted by atomic mass is 35.5. The summed E-state index contributed by atoms with van der Waals surface area (Å²) in [5.74, 6) is 0. The van der Waals surface area contributed by atoms with Crippen LogP contribution >= 0.6 is 11.6 Å². The van der Waals surface area contributed by atoms with Crippen LogP contribution in [0.4, 0.5) is 11.4 Å². The first-order valence-corrected chi connectivity index (χ1v) is 6.30. The number of nitro benzene ring substituents is 1. The van der Waals surface area contributed by atoms with Gasteiger partial charge in [-0.05, 0) is 30.7 Å². The van der Waals surface area contributed by atoms with Crippen LogP contribution < -0.4 is 5.32 Å². The van der Waals surface area contributed by atoms with E-state index in [2.05, 4.69) is 23.0 Å². The van der Waals surface area contributed by atoms with Crippen LogP contribution in [0.3, 0.4) is 0 Å². The Hall–Kier alpha value is -2.01. The molecule has 19 heavy (non-hydrogen) atoms. The van der Waals surface area contributed by atoms with Crippen LogP contribution in [0.5, 0.6) is 0 Å². The standard InChI is InChI=1S/C13H14ClN3O2/c1-2-16-6-5-10(9-16)8-15-11-3-4-13(17(18)19)12(14)7-11/h3-7,9,15H,2,8H2,1H3. The number of halogens is 1. The lowest BCUT2D eigenvalue weighted by molar-refractivity contribution is -0.384. The van der Waals surface area contributed by atoms with Gasteiger partial charge < -0.3 is 9.88 Å². The highest BCUT2D eigenvalue weighted by molar-refractivity contribution is 6.32. The van der Waals surface area contributed by atoms with E-state index in [1.807, 2.05) is 12.3 Å². The van der Waals surface area contributed by atoms with E-state index >= 15 is 0 Å². The molecular weight excluding hydrogens is 266 g/mol. The Morgan fingerprint density at radius 3 is 2.79 bits per heavy atom. The fourth-order valence-corrected chi connectivity index (χ4v) is 2.01. The Balaban J connectivity index is 2.03. The second-order valence-corrected chi connectivity index (χ2v) is 4.53. The number of aromatic nitrogens is 1. The molecule has 6 heteroatoms. The lowest BCUT2D eigenvalue weighted by Gasteiger charge is -2.05. The summed E-state index contributed by atoms with van der Waals surface area (Å²) >= 11 is 5.85. The first-order valence-electron chi connectivity index (χ1n) is 5.92. The van der Waals surface area contributed by atoms with Crippen LogP contribution in [0.15, 0.2) is 36.7 Å². The molecule has 1 N–H and O–H groups in total. The third-order valence-corrected chi connectivity index (χ3v) is 3.12. The summed E-state index contributed by atoms with van der Waals surface area (Å²) in [5.41, 5.74) is 1.83. The maximum Gasteiger partial charge on any atom is 0.288 e. The molecule has 0 saturated heterocycles. The van der Waals surface area contributed by atoms with Crippen LogP contribution in [-0.4, -0.2) is 9.49 Å². The molecule has 2 rings (SSSR count). The largest absolute Gasteiger partial charge is 0.381 e. The highest BCUT2D eigenvalue weighted by Crippen LogP contribution is 2.27. The number of nitrogens with one attached hydrogen (secondary N) is 1. The number of nitrogens with zero attached hydrogens (tertiary/aromatic N) is 2. The number of hydrogen-bond donors (Lipinski definition) is 1. The van der Waals surface area contributed by atoms with Crippen molar-refractivity contribution in [2.24, 2.45) is 0 Å². The molecule has 0 unspecified atom stereocenters. The third-order valence-electron chi connectivity index (χ3n) is 2.82. The van der Waals surface area contributed by atoms with Crippen LogP contribution in [0.25, 0.3) is 0 Å². The molecule has 2 aromatic rings. The Morgan fingerprint density at radius 2 is 2.21 bits per heavy atom. The van der Waals surface area contributed by atoms with Gasteiger partial charge >= 0.3 is 0 Å². The fourth-order valence-electron chi connectivity index (χ4n) is 1.76. The van der Waals surface area contributed by atoms with Gasteiger partial charge in [-0.3, -0.25) is 10.1 Å². The van der Waals surface area contributed by atoms with Gasteiger partial charge in [0.05, 0.1) is 4.92 Å². The first kappa shape index (κ1) is 13.4. The Bertz CT molecular complexity index is 595. The number of hydrogen-bond acceptors (Lipinski definition) is 3. The van der Waals surface area contributed by atoms with Gasteiger partial charge in [0.2, 0.25) is 0 Å². The van der Waals surface area contributed by atoms with Crippen molar-refractivity contribution in [3.05, 3.63) is 57.4 Å². The molecule has 0 radical (unpaired) electrons. The Morgan fingerprint density at radius 1 is 1.42 bits per heavy atom. The molecule has 0 fully saturated rings. The van der Waals surface area contributed by atoms with E-state index in [9.17, 15) is 10.1 Å². The smallest absolute Gasteiger partial charge is 0.288 e. The topological polar surface area (TPSA) is 60.1 Å². The van der Waals surface area contributed by atoms with Crippen molar-refractivity contribution in [2.45, 2.75) is 20.0 Å². The summed E-state index contributed by atoms with van der Waals surface area (Å²) in [6.07, 6.45) is 4.07. The van der Waals surface area contributed by atoms with Crippen molar-refractivity contribution in [1.29, 1.82) is 0 Å². The van der Waals surface area contributed by atoms with Gasteiger partial charge in [0.25, 0.3) is 5.69 Å². The predicted octanol–water partition coefficient (Wildman–Crippen LogP) is 3.68. The Kier molecular flexibility index (Phi) is 4.06. The summed E-state index contributed by atoms with van der Waals surface area (Å²) in [4.78, 5) is 10.2. The molecule has 0 atom stereocenters. The SMILES string of the molecule is CCn1ccc(CNc2ccc([N+](=O)[O-])c(Cl)c2)c1. The van der Waals surface area contributed by atoms with Gasteiger partial charge in [0.1, 0.15) is 5.02 Å². The van der Waals surface area contributed by atoms with Crippen molar-refractivity contribution >= 4 is 23.0 Å². The lowest BCUT2D eigenvalue weighted by Crippen LogP contribution is -1.99. The molecule has 0 amide bonds. The zero-order valence-electron chi connectivity index (χ0n) is 10.5. The van der Waals surface area contributed by atoms with Crippen molar-refractivity contribution in [2.75, 3.05) is 5.32 Å².